The van der Waals surface area contributed by atoms with Gasteiger partial charge in [-0.15, -0.1) is 0 Å². The first kappa shape index (κ1) is 17.0. The molecule has 132 valence electrons. The number of likely N-dealkylation sites (N-methyl/N-ethyl adjacent to an activating group) is 1. The van der Waals surface area contributed by atoms with Crippen molar-refractivity contribution in [2.75, 3.05) is 26.7 Å². The van der Waals surface area contributed by atoms with Crippen LogP contribution >= 0.6 is 0 Å². The fourth-order valence-corrected chi connectivity index (χ4v) is 3.01. The number of nitrogens with zero attached hydrogens (tertiary/aromatic N) is 1. The van der Waals surface area contributed by atoms with E-state index in [-0.39, 0.29) is 11.8 Å². The molecule has 0 unspecified atom stereocenters. The highest BCUT2D eigenvalue weighted by Gasteiger charge is 2.26. The number of hydrogen-bond donors (Lipinski definition) is 2. The fourth-order valence-electron chi connectivity index (χ4n) is 3.01. The molecule has 1 fully saturated rings. The van der Waals surface area contributed by atoms with E-state index in [1.807, 2.05) is 24.3 Å². The number of carbonyl (C=O) groups excluding carboxylic acids is 3. The van der Waals surface area contributed by atoms with Crippen LogP contribution in [-0.2, 0) is 9.59 Å². The van der Waals surface area contributed by atoms with Crippen LogP contribution in [0.4, 0.5) is 0 Å². The maximum Gasteiger partial charge on any atom is 0.309 e. The Morgan fingerprint density at radius 1 is 1.16 bits per heavy atom. The summed E-state index contributed by atoms with van der Waals surface area (Å²) in [4.78, 5) is 37.0. The summed E-state index contributed by atoms with van der Waals surface area (Å²) in [5.74, 6) is -0.759. The van der Waals surface area contributed by atoms with E-state index in [2.05, 4.69) is 10.6 Å². The Balaban J connectivity index is 1.52. The summed E-state index contributed by atoms with van der Waals surface area (Å²) in [7, 11) is 1.42. The summed E-state index contributed by atoms with van der Waals surface area (Å²) < 4.78 is 5.63. The lowest BCUT2D eigenvalue weighted by Crippen LogP contribution is -2.44. The van der Waals surface area contributed by atoms with E-state index in [0.29, 0.717) is 31.0 Å². The van der Waals surface area contributed by atoms with Crippen molar-refractivity contribution in [3.8, 4) is 0 Å². The van der Waals surface area contributed by atoms with E-state index in [1.165, 1.54) is 7.05 Å². The standard InChI is InChI=1S/C18H21N3O4/c1-19-16(22)17(23)20-11-12-6-8-21(9-7-12)18(24)15-10-13-4-2-3-5-14(13)25-15/h2-5,10,12H,6-9,11H2,1H3,(H,19,22)(H,20,23). The lowest BCUT2D eigenvalue weighted by Gasteiger charge is -2.31. The minimum absolute atomic E-state index is 0.107. The molecule has 1 aliphatic rings. The number of para-hydroxylation sites is 1. The molecule has 0 saturated carbocycles. The summed E-state index contributed by atoms with van der Waals surface area (Å²) >= 11 is 0. The molecule has 1 aromatic carbocycles. The number of nitrogens with one attached hydrogen (secondary N) is 2. The first-order chi connectivity index (χ1) is 12.1. The number of hydrogen-bond acceptors (Lipinski definition) is 4. The molecule has 0 atom stereocenters. The van der Waals surface area contributed by atoms with Gasteiger partial charge in [0, 0.05) is 32.1 Å². The molecule has 7 heteroatoms. The fraction of sp³-hybridized carbons (Fsp3) is 0.389. The van der Waals surface area contributed by atoms with Gasteiger partial charge >= 0.3 is 11.8 Å². The highest BCUT2D eigenvalue weighted by atomic mass is 16.3. The molecule has 1 aromatic heterocycles. The molecule has 3 amide bonds. The van der Waals surface area contributed by atoms with Gasteiger partial charge in [-0.05, 0) is 30.9 Å². The summed E-state index contributed by atoms with van der Waals surface area (Å²) in [6.45, 7) is 1.66. The third-order valence-corrected chi connectivity index (χ3v) is 4.52. The highest BCUT2D eigenvalue weighted by molar-refractivity contribution is 6.35. The number of carbonyl (C=O) groups is 3. The molecule has 1 saturated heterocycles. The van der Waals surface area contributed by atoms with Crippen LogP contribution in [-0.4, -0.2) is 49.3 Å². The van der Waals surface area contributed by atoms with Crippen molar-refractivity contribution in [3.05, 3.63) is 36.1 Å². The Morgan fingerprint density at radius 3 is 2.56 bits per heavy atom. The zero-order valence-corrected chi connectivity index (χ0v) is 14.1. The minimum atomic E-state index is -0.641. The minimum Gasteiger partial charge on any atom is -0.451 e. The van der Waals surface area contributed by atoms with E-state index in [9.17, 15) is 14.4 Å². The Morgan fingerprint density at radius 2 is 1.88 bits per heavy atom. The molecular weight excluding hydrogens is 322 g/mol. The zero-order chi connectivity index (χ0) is 17.8. The largest absolute Gasteiger partial charge is 0.451 e. The van der Waals surface area contributed by atoms with Gasteiger partial charge in [-0.2, -0.15) is 0 Å². The number of likely N-dealkylation sites (tertiary alicyclic amines) is 1. The van der Waals surface area contributed by atoms with Crippen LogP contribution in [0.15, 0.2) is 34.7 Å². The van der Waals surface area contributed by atoms with Crippen LogP contribution < -0.4 is 10.6 Å². The summed E-state index contributed by atoms with van der Waals surface area (Å²) in [6, 6.07) is 9.31. The molecular formula is C18H21N3O4. The van der Waals surface area contributed by atoms with Crippen molar-refractivity contribution < 1.29 is 18.8 Å². The van der Waals surface area contributed by atoms with Gasteiger partial charge in [-0.1, -0.05) is 18.2 Å². The summed E-state index contributed by atoms with van der Waals surface area (Å²) in [5, 5.41) is 5.83. The second-order valence-electron chi connectivity index (χ2n) is 6.17. The van der Waals surface area contributed by atoms with E-state index in [0.717, 1.165) is 18.2 Å². The van der Waals surface area contributed by atoms with Crippen molar-refractivity contribution in [3.63, 3.8) is 0 Å². The maximum absolute atomic E-state index is 12.6. The predicted octanol–water partition coefficient (Wildman–Crippen LogP) is 1.15. The molecule has 1 aliphatic heterocycles. The number of piperidine rings is 1. The highest BCUT2D eigenvalue weighted by Crippen LogP contribution is 2.23. The molecule has 7 nitrogen and oxygen atoms in total. The SMILES string of the molecule is CNC(=O)C(=O)NCC1CCN(C(=O)c2cc3ccccc3o2)CC1. The molecule has 3 rings (SSSR count). The lowest BCUT2D eigenvalue weighted by molar-refractivity contribution is -0.139. The number of rotatable bonds is 3. The smallest absolute Gasteiger partial charge is 0.309 e. The van der Waals surface area contributed by atoms with Crippen LogP contribution in [0.3, 0.4) is 0 Å². The van der Waals surface area contributed by atoms with Crippen LogP contribution in [0, 0.1) is 5.92 Å². The Hall–Kier alpha value is -2.83. The van der Waals surface area contributed by atoms with Crippen molar-refractivity contribution >= 4 is 28.7 Å². The van der Waals surface area contributed by atoms with Gasteiger partial charge in [0.25, 0.3) is 5.91 Å². The second kappa shape index (κ2) is 7.38. The first-order valence-electron chi connectivity index (χ1n) is 8.36. The first-order valence-corrected chi connectivity index (χ1v) is 8.36. The third kappa shape index (κ3) is 3.81. The van der Waals surface area contributed by atoms with Crippen LogP contribution in [0.5, 0.6) is 0 Å². The molecule has 2 N–H and O–H groups in total. The van der Waals surface area contributed by atoms with Gasteiger partial charge in [-0.3, -0.25) is 14.4 Å². The summed E-state index contributed by atoms with van der Waals surface area (Å²) in [6.07, 6.45) is 1.56. The third-order valence-electron chi connectivity index (χ3n) is 4.52. The molecule has 2 aromatic rings. The maximum atomic E-state index is 12.6. The van der Waals surface area contributed by atoms with E-state index in [4.69, 9.17) is 4.42 Å². The zero-order valence-electron chi connectivity index (χ0n) is 14.1. The normalized spacial score (nSPS) is 15.2. The predicted molar refractivity (Wildman–Crippen MR) is 91.9 cm³/mol. The monoisotopic (exact) mass is 343 g/mol. The van der Waals surface area contributed by atoms with E-state index < -0.39 is 11.8 Å². The molecule has 0 radical (unpaired) electrons. The second-order valence-corrected chi connectivity index (χ2v) is 6.17. The number of benzene rings is 1. The van der Waals surface area contributed by atoms with Crippen LogP contribution in [0.1, 0.15) is 23.4 Å². The van der Waals surface area contributed by atoms with Gasteiger partial charge < -0.3 is 20.0 Å². The van der Waals surface area contributed by atoms with Gasteiger partial charge in [0.1, 0.15) is 5.58 Å². The van der Waals surface area contributed by atoms with Crippen molar-refractivity contribution in [2.24, 2.45) is 5.92 Å². The van der Waals surface area contributed by atoms with Crippen molar-refractivity contribution in [1.82, 2.24) is 15.5 Å². The van der Waals surface area contributed by atoms with Crippen molar-refractivity contribution in [1.29, 1.82) is 0 Å². The average Bonchev–Trinajstić information content (AvgIpc) is 3.09. The number of amides is 3. The molecule has 0 aliphatic carbocycles. The van der Waals surface area contributed by atoms with Crippen molar-refractivity contribution in [2.45, 2.75) is 12.8 Å². The quantitative estimate of drug-likeness (QED) is 0.818. The van der Waals surface area contributed by atoms with Gasteiger partial charge in [-0.25, -0.2) is 0 Å². The molecule has 25 heavy (non-hydrogen) atoms. The topological polar surface area (TPSA) is 91.7 Å². The molecule has 0 bridgehead atoms. The van der Waals surface area contributed by atoms with Gasteiger partial charge in [0.2, 0.25) is 0 Å². The van der Waals surface area contributed by atoms with Crippen LogP contribution in [0.2, 0.25) is 0 Å². The molecule has 2 heterocycles. The Bertz CT molecular complexity index is 757. The average molecular weight is 343 g/mol. The Labute approximate surface area is 145 Å². The van der Waals surface area contributed by atoms with Crippen LogP contribution in [0.25, 0.3) is 11.0 Å². The van der Waals surface area contributed by atoms with Gasteiger partial charge in [0.15, 0.2) is 5.76 Å². The van der Waals surface area contributed by atoms with Gasteiger partial charge in [0.05, 0.1) is 0 Å². The van der Waals surface area contributed by atoms with E-state index in [1.54, 1.807) is 11.0 Å². The van der Waals surface area contributed by atoms with E-state index >= 15 is 0 Å². The Kier molecular flexibility index (Phi) is 5.02. The lowest BCUT2D eigenvalue weighted by atomic mass is 9.96. The number of fused-ring (bicyclic) bond motifs is 1. The summed E-state index contributed by atoms with van der Waals surface area (Å²) in [5.41, 5.74) is 0.706. The molecule has 0 spiro atoms. The number of furan rings is 1.